The SMILES string of the molecule is CCN(C(=O)N1CCC2(CC1)OCCO2)c1cccc(C)c1. The number of aryl methyl sites for hydroxylation is 1. The van der Waals surface area contributed by atoms with Crippen molar-refractivity contribution < 1.29 is 14.3 Å². The van der Waals surface area contributed by atoms with Crippen LogP contribution < -0.4 is 4.90 Å². The van der Waals surface area contributed by atoms with Gasteiger partial charge in [-0.15, -0.1) is 0 Å². The fourth-order valence-corrected chi connectivity index (χ4v) is 3.22. The highest BCUT2D eigenvalue weighted by Gasteiger charge is 2.41. The van der Waals surface area contributed by atoms with Crippen molar-refractivity contribution in [2.45, 2.75) is 32.5 Å². The Labute approximate surface area is 131 Å². The molecule has 2 heterocycles. The van der Waals surface area contributed by atoms with E-state index in [1.54, 1.807) is 0 Å². The van der Waals surface area contributed by atoms with E-state index in [0.717, 1.165) is 24.1 Å². The minimum absolute atomic E-state index is 0.0703. The van der Waals surface area contributed by atoms with Gasteiger partial charge in [0.15, 0.2) is 5.79 Å². The average molecular weight is 304 g/mol. The van der Waals surface area contributed by atoms with Crippen molar-refractivity contribution in [1.29, 1.82) is 0 Å². The molecule has 1 aromatic rings. The van der Waals surface area contributed by atoms with Crippen LogP contribution in [0.3, 0.4) is 0 Å². The minimum Gasteiger partial charge on any atom is -0.347 e. The Morgan fingerprint density at radius 2 is 1.95 bits per heavy atom. The van der Waals surface area contributed by atoms with Gasteiger partial charge in [-0.25, -0.2) is 4.79 Å². The standard InChI is InChI=1S/C17H24N2O3/c1-3-19(15-6-4-5-14(2)13-15)16(20)18-9-7-17(8-10-18)21-11-12-22-17/h4-6,13H,3,7-12H2,1-2H3. The molecule has 0 N–H and O–H groups in total. The van der Waals surface area contributed by atoms with Gasteiger partial charge in [0.2, 0.25) is 0 Å². The minimum atomic E-state index is -0.433. The van der Waals surface area contributed by atoms with E-state index < -0.39 is 5.79 Å². The second kappa shape index (κ2) is 6.26. The Morgan fingerprint density at radius 3 is 2.55 bits per heavy atom. The van der Waals surface area contributed by atoms with Crippen LogP contribution in [0.5, 0.6) is 0 Å². The number of hydrogen-bond acceptors (Lipinski definition) is 3. The summed E-state index contributed by atoms with van der Waals surface area (Å²) in [6, 6.07) is 8.15. The normalized spacial score (nSPS) is 20.4. The molecular weight excluding hydrogens is 280 g/mol. The van der Waals surface area contributed by atoms with Crippen molar-refractivity contribution in [3.8, 4) is 0 Å². The van der Waals surface area contributed by atoms with Gasteiger partial charge in [-0.1, -0.05) is 12.1 Å². The zero-order chi connectivity index (χ0) is 15.6. The first-order chi connectivity index (χ1) is 10.6. The molecule has 1 spiro atoms. The van der Waals surface area contributed by atoms with Crippen molar-refractivity contribution in [2.75, 3.05) is 37.7 Å². The number of benzene rings is 1. The topological polar surface area (TPSA) is 42.0 Å². The lowest BCUT2D eigenvalue weighted by molar-refractivity contribution is -0.181. The van der Waals surface area contributed by atoms with E-state index in [2.05, 4.69) is 6.07 Å². The molecule has 0 radical (unpaired) electrons. The van der Waals surface area contributed by atoms with E-state index in [1.165, 1.54) is 0 Å². The Bertz CT molecular complexity index is 530. The Hall–Kier alpha value is -1.59. The molecule has 5 heteroatoms. The highest BCUT2D eigenvalue weighted by molar-refractivity contribution is 5.92. The van der Waals surface area contributed by atoms with E-state index in [4.69, 9.17) is 9.47 Å². The molecule has 0 aliphatic carbocycles. The summed E-state index contributed by atoms with van der Waals surface area (Å²) in [6.45, 7) is 7.41. The van der Waals surface area contributed by atoms with Gasteiger partial charge in [-0.3, -0.25) is 4.90 Å². The van der Waals surface area contributed by atoms with Crippen LogP contribution in [0.2, 0.25) is 0 Å². The van der Waals surface area contributed by atoms with Gasteiger partial charge in [0, 0.05) is 38.2 Å². The summed E-state index contributed by atoms with van der Waals surface area (Å²) < 4.78 is 11.4. The van der Waals surface area contributed by atoms with Crippen molar-refractivity contribution in [3.05, 3.63) is 29.8 Å². The first-order valence-corrected chi connectivity index (χ1v) is 8.04. The second-order valence-electron chi connectivity index (χ2n) is 5.96. The zero-order valence-electron chi connectivity index (χ0n) is 13.4. The lowest BCUT2D eigenvalue weighted by Crippen LogP contribution is -2.51. The third kappa shape index (κ3) is 2.96. The van der Waals surface area contributed by atoms with Crippen LogP contribution in [0.4, 0.5) is 10.5 Å². The van der Waals surface area contributed by atoms with Gasteiger partial charge in [0.1, 0.15) is 0 Å². The number of likely N-dealkylation sites (tertiary alicyclic amines) is 1. The maximum atomic E-state index is 12.8. The number of hydrogen-bond donors (Lipinski definition) is 0. The number of carbonyl (C=O) groups excluding carboxylic acids is 1. The molecular formula is C17H24N2O3. The van der Waals surface area contributed by atoms with E-state index in [-0.39, 0.29) is 6.03 Å². The Morgan fingerprint density at radius 1 is 1.27 bits per heavy atom. The van der Waals surface area contributed by atoms with E-state index in [1.807, 2.05) is 41.8 Å². The van der Waals surface area contributed by atoms with Crippen LogP contribution in [-0.2, 0) is 9.47 Å². The monoisotopic (exact) mass is 304 g/mol. The first kappa shape index (κ1) is 15.3. The Balaban J connectivity index is 1.67. The van der Waals surface area contributed by atoms with Crippen LogP contribution in [0.25, 0.3) is 0 Å². The smallest absolute Gasteiger partial charge is 0.324 e. The highest BCUT2D eigenvalue weighted by Crippen LogP contribution is 2.32. The van der Waals surface area contributed by atoms with E-state index >= 15 is 0 Å². The maximum absolute atomic E-state index is 12.8. The van der Waals surface area contributed by atoms with E-state index in [9.17, 15) is 4.79 Å². The van der Waals surface area contributed by atoms with Crippen molar-refractivity contribution in [2.24, 2.45) is 0 Å². The number of anilines is 1. The molecule has 2 saturated heterocycles. The van der Waals surface area contributed by atoms with Gasteiger partial charge >= 0.3 is 6.03 Å². The number of rotatable bonds is 2. The van der Waals surface area contributed by atoms with Crippen LogP contribution in [0, 0.1) is 6.92 Å². The number of nitrogens with zero attached hydrogens (tertiary/aromatic N) is 2. The highest BCUT2D eigenvalue weighted by atomic mass is 16.7. The van der Waals surface area contributed by atoms with Crippen LogP contribution in [-0.4, -0.2) is 49.6 Å². The summed E-state index contributed by atoms with van der Waals surface area (Å²) in [6.07, 6.45) is 1.51. The number of ether oxygens (including phenoxy) is 2. The molecule has 5 nitrogen and oxygen atoms in total. The fraction of sp³-hybridized carbons (Fsp3) is 0.588. The molecule has 0 saturated carbocycles. The molecule has 3 rings (SSSR count). The summed E-state index contributed by atoms with van der Waals surface area (Å²) in [5.41, 5.74) is 2.12. The van der Waals surface area contributed by atoms with Gasteiger partial charge < -0.3 is 14.4 Å². The van der Waals surface area contributed by atoms with Gasteiger partial charge in [0.05, 0.1) is 13.2 Å². The molecule has 22 heavy (non-hydrogen) atoms. The van der Waals surface area contributed by atoms with Crippen molar-refractivity contribution in [1.82, 2.24) is 4.90 Å². The molecule has 0 aromatic heterocycles. The molecule has 1 aromatic carbocycles. The molecule has 2 aliphatic heterocycles. The zero-order valence-corrected chi connectivity index (χ0v) is 13.4. The summed E-state index contributed by atoms with van der Waals surface area (Å²) in [5.74, 6) is -0.433. The summed E-state index contributed by atoms with van der Waals surface area (Å²) in [7, 11) is 0. The van der Waals surface area contributed by atoms with Crippen LogP contribution in [0.15, 0.2) is 24.3 Å². The van der Waals surface area contributed by atoms with E-state index in [0.29, 0.717) is 32.8 Å². The van der Waals surface area contributed by atoms with Gasteiger partial charge in [-0.2, -0.15) is 0 Å². The molecule has 120 valence electrons. The largest absolute Gasteiger partial charge is 0.347 e. The third-order valence-corrected chi connectivity index (χ3v) is 4.47. The quantitative estimate of drug-likeness (QED) is 0.843. The Kier molecular flexibility index (Phi) is 4.36. The average Bonchev–Trinajstić information content (AvgIpc) is 2.97. The molecule has 0 bridgehead atoms. The molecule has 2 fully saturated rings. The molecule has 2 amide bonds. The third-order valence-electron chi connectivity index (χ3n) is 4.47. The summed E-state index contributed by atoms with van der Waals surface area (Å²) >= 11 is 0. The predicted octanol–water partition coefficient (Wildman–Crippen LogP) is 2.78. The van der Waals surface area contributed by atoms with Gasteiger partial charge in [0.25, 0.3) is 0 Å². The first-order valence-electron chi connectivity index (χ1n) is 8.04. The summed E-state index contributed by atoms with van der Waals surface area (Å²) in [5, 5.41) is 0. The number of carbonyl (C=O) groups is 1. The maximum Gasteiger partial charge on any atom is 0.324 e. The van der Waals surface area contributed by atoms with Crippen LogP contribution in [0.1, 0.15) is 25.3 Å². The number of urea groups is 1. The lowest BCUT2D eigenvalue weighted by Gasteiger charge is -2.39. The van der Waals surface area contributed by atoms with Gasteiger partial charge in [-0.05, 0) is 31.5 Å². The molecule has 0 unspecified atom stereocenters. The fourth-order valence-electron chi connectivity index (χ4n) is 3.22. The second-order valence-corrected chi connectivity index (χ2v) is 5.96. The molecule has 0 atom stereocenters. The lowest BCUT2D eigenvalue weighted by atomic mass is 10.0. The van der Waals surface area contributed by atoms with Crippen molar-refractivity contribution in [3.63, 3.8) is 0 Å². The summed E-state index contributed by atoms with van der Waals surface area (Å²) in [4.78, 5) is 16.6. The molecule has 2 aliphatic rings. The predicted molar refractivity (Wildman–Crippen MR) is 85.0 cm³/mol. The van der Waals surface area contributed by atoms with Crippen LogP contribution >= 0.6 is 0 Å². The number of piperidine rings is 1. The van der Waals surface area contributed by atoms with Crippen molar-refractivity contribution >= 4 is 11.7 Å². The number of amides is 2.